The highest BCUT2D eigenvalue weighted by Gasteiger charge is 2.38. The summed E-state index contributed by atoms with van der Waals surface area (Å²) in [7, 11) is 3.19. The molecule has 1 N–H and O–H groups in total. The molecule has 0 saturated carbocycles. The summed E-state index contributed by atoms with van der Waals surface area (Å²) in [6, 6.07) is 30.5. The van der Waals surface area contributed by atoms with Gasteiger partial charge in [-0.1, -0.05) is 66.7 Å². The highest BCUT2D eigenvalue weighted by molar-refractivity contribution is 5.90. The molecule has 0 unspecified atom stereocenters. The van der Waals surface area contributed by atoms with Crippen molar-refractivity contribution in [1.29, 1.82) is 0 Å². The van der Waals surface area contributed by atoms with Crippen molar-refractivity contribution in [2.24, 2.45) is 0 Å². The van der Waals surface area contributed by atoms with E-state index in [4.69, 9.17) is 18.9 Å². The maximum atomic E-state index is 14.2. The summed E-state index contributed by atoms with van der Waals surface area (Å²) >= 11 is 0. The van der Waals surface area contributed by atoms with Crippen LogP contribution in [0.2, 0.25) is 0 Å². The third kappa shape index (κ3) is 6.61. The zero-order valence-corrected chi connectivity index (χ0v) is 23.0. The van der Waals surface area contributed by atoms with E-state index in [-0.39, 0.29) is 31.5 Å². The number of benzene rings is 4. The van der Waals surface area contributed by atoms with E-state index in [1.807, 2.05) is 66.7 Å². The van der Waals surface area contributed by atoms with Crippen molar-refractivity contribution in [1.82, 2.24) is 10.2 Å². The minimum atomic E-state index is -0.951. The van der Waals surface area contributed by atoms with Crippen LogP contribution in [0.5, 0.6) is 23.0 Å². The monoisotopic (exact) mass is 552 g/mol. The van der Waals surface area contributed by atoms with Gasteiger partial charge in [0.1, 0.15) is 24.1 Å². The highest BCUT2D eigenvalue weighted by Crippen LogP contribution is 2.33. The van der Waals surface area contributed by atoms with Gasteiger partial charge in [-0.05, 0) is 53.1 Å². The van der Waals surface area contributed by atoms with Crippen LogP contribution in [0.4, 0.5) is 0 Å². The lowest BCUT2D eigenvalue weighted by Crippen LogP contribution is -2.50. The molecule has 4 aromatic carbocycles. The summed E-state index contributed by atoms with van der Waals surface area (Å²) in [6.07, 6.45) is -0.927. The molecule has 8 nitrogen and oxygen atoms in total. The zero-order chi connectivity index (χ0) is 28.6. The Balaban J connectivity index is 1.48. The first kappa shape index (κ1) is 27.6. The second-order valence-corrected chi connectivity index (χ2v) is 9.56. The molecule has 1 aliphatic heterocycles. The van der Waals surface area contributed by atoms with Gasteiger partial charge in [0.25, 0.3) is 5.91 Å². The van der Waals surface area contributed by atoms with Crippen LogP contribution in [-0.4, -0.2) is 43.6 Å². The fraction of sp³-hybridized carbons (Fsp3) is 0.212. The van der Waals surface area contributed by atoms with Gasteiger partial charge < -0.3 is 29.2 Å². The van der Waals surface area contributed by atoms with Crippen molar-refractivity contribution >= 4 is 11.8 Å². The number of methoxy groups -OCH3 is 2. The van der Waals surface area contributed by atoms with Crippen LogP contribution in [0, 0.1) is 0 Å². The lowest BCUT2D eigenvalue weighted by atomic mass is 10.0. The number of hydrogen-bond donors (Lipinski definition) is 1. The van der Waals surface area contributed by atoms with Crippen molar-refractivity contribution in [2.45, 2.75) is 25.2 Å². The molecule has 1 aliphatic rings. The van der Waals surface area contributed by atoms with Gasteiger partial charge in [0.15, 0.2) is 11.5 Å². The van der Waals surface area contributed by atoms with Gasteiger partial charge in [-0.15, -0.1) is 0 Å². The number of nitrogens with one attached hydrogen (secondary N) is 1. The SMILES string of the molecule is COc1ccc(CNC(=O)[C@@H](c2ccc(OC)cc2)N(Cc2ccccc2)C(=O)[C@H]2COc3ccccc3O2)cc1. The summed E-state index contributed by atoms with van der Waals surface area (Å²) < 4.78 is 22.5. The van der Waals surface area contributed by atoms with Crippen LogP contribution in [0.1, 0.15) is 22.7 Å². The Hall–Kier alpha value is -4.98. The number of ether oxygens (including phenoxy) is 4. The van der Waals surface area contributed by atoms with Gasteiger partial charge in [0, 0.05) is 13.1 Å². The maximum absolute atomic E-state index is 14.2. The Bertz CT molecular complexity index is 1460. The van der Waals surface area contributed by atoms with E-state index in [0.29, 0.717) is 22.8 Å². The molecule has 210 valence electrons. The predicted octanol–water partition coefficient (Wildman–Crippen LogP) is 4.93. The number of rotatable bonds is 10. The van der Waals surface area contributed by atoms with Gasteiger partial charge in [0.2, 0.25) is 12.0 Å². The molecule has 1 heterocycles. The van der Waals surface area contributed by atoms with Crippen molar-refractivity contribution in [2.75, 3.05) is 20.8 Å². The lowest BCUT2D eigenvalue weighted by molar-refractivity contribution is -0.149. The first-order valence-electron chi connectivity index (χ1n) is 13.3. The fourth-order valence-corrected chi connectivity index (χ4v) is 4.69. The first-order valence-corrected chi connectivity index (χ1v) is 13.3. The van der Waals surface area contributed by atoms with Crippen molar-refractivity contribution < 1.29 is 28.5 Å². The van der Waals surface area contributed by atoms with Crippen LogP contribution < -0.4 is 24.3 Å². The molecule has 0 saturated heterocycles. The molecule has 0 fully saturated rings. The smallest absolute Gasteiger partial charge is 0.268 e. The maximum Gasteiger partial charge on any atom is 0.268 e. The van der Waals surface area contributed by atoms with E-state index >= 15 is 0 Å². The lowest BCUT2D eigenvalue weighted by Gasteiger charge is -2.35. The number of carbonyl (C=O) groups is 2. The number of nitrogens with zero attached hydrogens (tertiary/aromatic N) is 1. The van der Waals surface area contributed by atoms with E-state index in [1.54, 1.807) is 55.5 Å². The second kappa shape index (κ2) is 12.9. The molecule has 0 aromatic heterocycles. The molecule has 8 heteroatoms. The Morgan fingerprint density at radius 1 is 0.805 bits per heavy atom. The average Bonchev–Trinajstić information content (AvgIpc) is 3.04. The van der Waals surface area contributed by atoms with Crippen molar-refractivity contribution in [3.63, 3.8) is 0 Å². The number of para-hydroxylation sites is 2. The largest absolute Gasteiger partial charge is 0.497 e. The fourth-order valence-electron chi connectivity index (χ4n) is 4.69. The van der Waals surface area contributed by atoms with Crippen LogP contribution >= 0.6 is 0 Å². The summed E-state index contributed by atoms with van der Waals surface area (Å²) in [5, 5.41) is 3.03. The number of hydrogen-bond acceptors (Lipinski definition) is 6. The first-order chi connectivity index (χ1) is 20.1. The van der Waals surface area contributed by atoms with E-state index in [9.17, 15) is 9.59 Å². The zero-order valence-electron chi connectivity index (χ0n) is 23.0. The molecule has 2 atom stereocenters. The summed E-state index contributed by atoms with van der Waals surface area (Å²) in [6.45, 7) is 0.497. The molecule has 5 rings (SSSR count). The molecule has 4 aromatic rings. The Morgan fingerprint density at radius 2 is 1.41 bits per heavy atom. The average molecular weight is 553 g/mol. The van der Waals surface area contributed by atoms with E-state index in [1.165, 1.54) is 0 Å². The number of carbonyl (C=O) groups excluding carboxylic acids is 2. The Kier molecular flexibility index (Phi) is 8.69. The van der Waals surface area contributed by atoms with Gasteiger partial charge >= 0.3 is 0 Å². The predicted molar refractivity (Wildman–Crippen MR) is 154 cm³/mol. The molecule has 0 spiro atoms. The van der Waals surface area contributed by atoms with Gasteiger partial charge in [0.05, 0.1) is 14.2 Å². The van der Waals surface area contributed by atoms with Crippen LogP contribution in [0.25, 0.3) is 0 Å². The molecule has 41 heavy (non-hydrogen) atoms. The molecular weight excluding hydrogens is 520 g/mol. The summed E-state index contributed by atoms with van der Waals surface area (Å²) in [5.74, 6) is 1.76. The van der Waals surface area contributed by atoms with E-state index in [2.05, 4.69) is 5.32 Å². The highest BCUT2D eigenvalue weighted by atomic mass is 16.6. The topological polar surface area (TPSA) is 86.3 Å². The van der Waals surface area contributed by atoms with Crippen molar-refractivity contribution in [3.8, 4) is 23.0 Å². The normalized spacial score (nSPS) is 14.4. The van der Waals surface area contributed by atoms with Crippen LogP contribution in [-0.2, 0) is 22.7 Å². The number of fused-ring (bicyclic) bond motifs is 1. The van der Waals surface area contributed by atoms with Gasteiger partial charge in [-0.25, -0.2) is 0 Å². The Morgan fingerprint density at radius 3 is 2.07 bits per heavy atom. The summed E-state index contributed by atoms with van der Waals surface area (Å²) in [5.41, 5.74) is 2.41. The van der Waals surface area contributed by atoms with Gasteiger partial charge in [-0.2, -0.15) is 0 Å². The summed E-state index contributed by atoms with van der Waals surface area (Å²) in [4.78, 5) is 29.7. The minimum absolute atomic E-state index is 0.0317. The standard InChI is InChI=1S/C33H32N2O6/c1-38-26-16-12-23(13-17-26)20-34-32(36)31(25-14-18-27(39-2)19-15-25)35(21-24-8-4-3-5-9-24)33(37)30-22-40-28-10-6-7-11-29(28)41-30/h3-19,30-31H,20-22H2,1-2H3,(H,34,36)/t30-,31-/m1/s1. The molecule has 0 bridgehead atoms. The Labute approximate surface area is 239 Å². The van der Waals surface area contributed by atoms with Crippen molar-refractivity contribution in [3.05, 3.63) is 120 Å². The quantitative estimate of drug-likeness (QED) is 0.300. The number of amides is 2. The second-order valence-electron chi connectivity index (χ2n) is 9.56. The van der Waals surface area contributed by atoms with Crippen LogP contribution in [0.3, 0.4) is 0 Å². The molecule has 2 amide bonds. The molecular formula is C33H32N2O6. The third-order valence-electron chi connectivity index (χ3n) is 6.88. The van der Waals surface area contributed by atoms with Gasteiger partial charge in [-0.3, -0.25) is 9.59 Å². The van der Waals surface area contributed by atoms with Crippen LogP contribution in [0.15, 0.2) is 103 Å². The minimum Gasteiger partial charge on any atom is -0.497 e. The molecule has 0 aliphatic carbocycles. The molecule has 0 radical (unpaired) electrons. The third-order valence-corrected chi connectivity index (χ3v) is 6.88. The van der Waals surface area contributed by atoms with E-state index in [0.717, 1.165) is 16.9 Å². The van der Waals surface area contributed by atoms with E-state index < -0.39 is 12.1 Å².